The van der Waals surface area contributed by atoms with E-state index in [2.05, 4.69) is 5.10 Å². The molecule has 0 aromatic carbocycles. The highest BCUT2D eigenvalue weighted by Gasteiger charge is 2.43. The van der Waals surface area contributed by atoms with E-state index >= 15 is 0 Å². The molecule has 1 aromatic heterocycles. The van der Waals surface area contributed by atoms with Crippen LogP contribution in [0.1, 0.15) is 38.8 Å². The van der Waals surface area contributed by atoms with Crippen LogP contribution in [0.5, 0.6) is 0 Å². The maximum Gasteiger partial charge on any atom is 0.266 e. The standard InChI is InChI=1S/C11H16Cl2N2O4S2/c1-7(2)8-9(21(13,18)19)10(12)15(14-8)11(3)4-5-20(16,17)6-11/h7H,4-6H2,1-3H3. The zero-order valence-corrected chi connectivity index (χ0v) is 14.9. The third-order valence-corrected chi connectivity index (χ3v) is 7.30. The molecule has 0 saturated carbocycles. The number of sulfone groups is 1. The monoisotopic (exact) mass is 374 g/mol. The summed E-state index contributed by atoms with van der Waals surface area (Å²) >= 11 is 6.16. The third-order valence-electron chi connectivity index (χ3n) is 3.60. The van der Waals surface area contributed by atoms with Crippen LogP contribution in [-0.4, -0.2) is 38.1 Å². The van der Waals surface area contributed by atoms with E-state index in [-0.39, 0.29) is 33.2 Å². The van der Waals surface area contributed by atoms with E-state index in [4.69, 9.17) is 22.3 Å². The molecule has 6 nitrogen and oxygen atoms in total. The van der Waals surface area contributed by atoms with E-state index in [1.54, 1.807) is 20.8 Å². The molecule has 1 saturated heterocycles. The summed E-state index contributed by atoms with van der Waals surface area (Å²) in [6.07, 6.45) is 0.329. The van der Waals surface area contributed by atoms with E-state index in [9.17, 15) is 16.8 Å². The molecule has 0 N–H and O–H groups in total. The number of hydrogen-bond acceptors (Lipinski definition) is 5. The lowest BCUT2D eigenvalue weighted by Crippen LogP contribution is -2.32. The molecule has 0 radical (unpaired) electrons. The molecule has 1 atom stereocenters. The zero-order valence-electron chi connectivity index (χ0n) is 11.8. The summed E-state index contributed by atoms with van der Waals surface area (Å²) in [5.41, 5.74) is -0.611. The van der Waals surface area contributed by atoms with Crippen LogP contribution >= 0.6 is 22.3 Å². The highest BCUT2D eigenvalue weighted by atomic mass is 35.7. The van der Waals surface area contributed by atoms with E-state index in [0.717, 1.165) is 0 Å². The topological polar surface area (TPSA) is 86.1 Å². The lowest BCUT2D eigenvalue weighted by molar-refractivity contribution is 0.326. The first-order valence-corrected chi connectivity index (χ1v) is 10.8. The maximum atomic E-state index is 11.7. The molecule has 10 heteroatoms. The average Bonchev–Trinajstić information content (AvgIpc) is 2.76. The lowest BCUT2D eigenvalue weighted by atomic mass is 10.0. The van der Waals surface area contributed by atoms with Crippen LogP contribution in [0.2, 0.25) is 5.15 Å². The molecule has 0 amide bonds. The predicted molar refractivity (Wildman–Crippen MR) is 81.3 cm³/mol. The molecule has 21 heavy (non-hydrogen) atoms. The van der Waals surface area contributed by atoms with Gasteiger partial charge in [0.1, 0.15) is 10.0 Å². The first-order valence-electron chi connectivity index (χ1n) is 6.31. The Balaban J connectivity index is 2.68. The van der Waals surface area contributed by atoms with Gasteiger partial charge in [0.25, 0.3) is 9.05 Å². The molecular weight excluding hydrogens is 359 g/mol. The summed E-state index contributed by atoms with van der Waals surface area (Å²) in [6.45, 7) is 5.23. The number of aromatic nitrogens is 2. The second kappa shape index (κ2) is 5.11. The van der Waals surface area contributed by atoms with Gasteiger partial charge in [-0.2, -0.15) is 5.10 Å². The predicted octanol–water partition coefficient (Wildman–Crippen LogP) is 2.12. The minimum atomic E-state index is -4.07. The van der Waals surface area contributed by atoms with Crippen LogP contribution < -0.4 is 0 Å². The number of rotatable bonds is 3. The van der Waals surface area contributed by atoms with Crippen molar-refractivity contribution in [3.05, 3.63) is 10.8 Å². The quantitative estimate of drug-likeness (QED) is 0.756. The van der Waals surface area contributed by atoms with Crippen molar-refractivity contribution in [1.82, 2.24) is 9.78 Å². The van der Waals surface area contributed by atoms with Gasteiger partial charge in [0.15, 0.2) is 9.84 Å². The maximum absolute atomic E-state index is 11.7. The van der Waals surface area contributed by atoms with Crippen LogP contribution in [0.4, 0.5) is 0 Å². The Bertz CT molecular complexity index is 783. The molecule has 1 aliphatic rings. The smallest absolute Gasteiger partial charge is 0.245 e. The van der Waals surface area contributed by atoms with Crippen molar-refractivity contribution in [3.63, 3.8) is 0 Å². The molecule has 1 unspecified atom stereocenters. The third kappa shape index (κ3) is 3.09. The Morgan fingerprint density at radius 1 is 1.38 bits per heavy atom. The molecular formula is C11H16Cl2N2O4S2. The number of halogens is 2. The van der Waals surface area contributed by atoms with E-state index in [0.29, 0.717) is 6.42 Å². The van der Waals surface area contributed by atoms with Crippen molar-refractivity contribution < 1.29 is 16.8 Å². The fourth-order valence-electron chi connectivity index (χ4n) is 2.52. The molecule has 120 valence electrons. The Kier molecular flexibility index (Phi) is 4.15. The fraction of sp³-hybridized carbons (Fsp3) is 0.727. The van der Waals surface area contributed by atoms with Gasteiger partial charge < -0.3 is 0 Å². The molecule has 2 rings (SSSR count). The molecule has 1 aliphatic heterocycles. The lowest BCUT2D eigenvalue weighted by Gasteiger charge is -2.23. The molecule has 2 heterocycles. The van der Waals surface area contributed by atoms with Crippen LogP contribution in [0.25, 0.3) is 0 Å². The summed E-state index contributed by atoms with van der Waals surface area (Å²) < 4.78 is 48.2. The Hall–Kier alpha value is -0.310. The van der Waals surface area contributed by atoms with Crippen LogP contribution in [0.3, 0.4) is 0 Å². The highest BCUT2D eigenvalue weighted by Crippen LogP contribution is 2.39. The van der Waals surface area contributed by atoms with Gasteiger partial charge in [-0.15, -0.1) is 0 Å². The number of nitrogens with zero attached hydrogens (tertiary/aromatic N) is 2. The first-order chi connectivity index (χ1) is 9.37. The Morgan fingerprint density at radius 2 is 1.95 bits per heavy atom. The van der Waals surface area contributed by atoms with Crippen molar-refractivity contribution in [2.75, 3.05) is 11.5 Å². The van der Waals surface area contributed by atoms with Gasteiger partial charge in [-0.3, -0.25) is 0 Å². The van der Waals surface area contributed by atoms with E-state index in [1.165, 1.54) is 4.68 Å². The van der Waals surface area contributed by atoms with Crippen molar-refractivity contribution >= 4 is 41.2 Å². The summed E-state index contributed by atoms with van der Waals surface area (Å²) in [6, 6.07) is 0. The zero-order chi connectivity index (χ0) is 16.2. The molecule has 1 fully saturated rings. The Labute approximate surface area is 133 Å². The van der Waals surface area contributed by atoms with Crippen LogP contribution in [0.15, 0.2) is 4.90 Å². The second-order valence-electron chi connectivity index (χ2n) is 5.85. The van der Waals surface area contributed by atoms with Crippen molar-refractivity contribution in [2.45, 2.75) is 43.5 Å². The summed E-state index contributed by atoms with van der Waals surface area (Å²) in [5.74, 6) is -0.311. The SMILES string of the molecule is CC(C)c1nn(C2(C)CCS(=O)(=O)C2)c(Cl)c1S(=O)(=O)Cl. The van der Waals surface area contributed by atoms with Gasteiger partial charge in [-0.1, -0.05) is 25.4 Å². The van der Waals surface area contributed by atoms with Gasteiger partial charge in [0.05, 0.1) is 22.7 Å². The van der Waals surface area contributed by atoms with Gasteiger partial charge in [0.2, 0.25) is 0 Å². The van der Waals surface area contributed by atoms with E-state index in [1.807, 2.05) is 0 Å². The van der Waals surface area contributed by atoms with Gasteiger partial charge in [-0.25, -0.2) is 21.5 Å². The van der Waals surface area contributed by atoms with Crippen molar-refractivity contribution in [3.8, 4) is 0 Å². The average molecular weight is 375 g/mol. The minimum absolute atomic E-state index is 0.0274. The summed E-state index contributed by atoms with van der Waals surface area (Å²) in [4.78, 5) is -0.230. The summed E-state index contributed by atoms with van der Waals surface area (Å²) in [5, 5.41) is 4.12. The second-order valence-corrected chi connectivity index (χ2v) is 10.9. The van der Waals surface area contributed by atoms with Crippen LogP contribution in [0, 0.1) is 0 Å². The van der Waals surface area contributed by atoms with Gasteiger partial charge in [-0.05, 0) is 19.3 Å². The van der Waals surface area contributed by atoms with Crippen LogP contribution in [-0.2, 0) is 24.4 Å². The van der Waals surface area contributed by atoms with Gasteiger partial charge >= 0.3 is 0 Å². The summed E-state index contributed by atoms with van der Waals surface area (Å²) in [7, 11) is -1.80. The molecule has 0 spiro atoms. The minimum Gasteiger partial charge on any atom is -0.245 e. The first kappa shape index (κ1) is 17.1. The molecule has 1 aromatic rings. The van der Waals surface area contributed by atoms with Crippen molar-refractivity contribution in [1.29, 1.82) is 0 Å². The fourth-order valence-corrected chi connectivity index (χ4v) is 6.66. The highest BCUT2D eigenvalue weighted by molar-refractivity contribution is 8.13. The van der Waals surface area contributed by atoms with Crippen molar-refractivity contribution in [2.24, 2.45) is 0 Å². The Morgan fingerprint density at radius 3 is 2.29 bits per heavy atom. The largest absolute Gasteiger partial charge is 0.266 e. The normalized spacial score (nSPS) is 25.6. The molecule has 0 aliphatic carbocycles. The molecule has 0 bridgehead atoms. The number of hydrogen-bond donors (Lipinski definition) is 0. The van der Waals surface area contributed by atoms with Gasteiger partial charge in [0, 0.05) is 10.7 Å². The van der Waals surface area contributed by atoms with E-state index < -0.39 is 24.4 Å².